The number of hydrogen-bond donors (Lipinski definition) is 1. The van der Waals surface area contributed by atoms with Crippen molar-refractivity contribution in [1.29, 1.82) is 0 Å². The number of fused-ring (bicyclic) bond motifs is 1. The maximum absolute atomic E-state index is 12.5. The highest BCUT2D eigenvalue weighted by Crippen LogP contribution is 2.24. The summed E-state index contributed by atoms with van der Waals surface area (Å²) in [6, 6.07) is 15.9. The number of hydrogen-bond acceptors (Lipinski definition) is 5. The summed E-state index contributed by atoms with van der Waals surface area (Å²) in [5, 5.41) is 3.99. The highest BCUT2D eigenvalue weighted by Gasteiger charge is 2.24. The van der Waals surface area contributed by atoms with Crippen molar-refractivity contribution in [2.24, 2.45) is 0 Å². The summed E-state index contributed by atoms with van der Waals surface area (Å²) in [6.45, 7) is 4.61. The first kappa shape index (κ1) is 21.1. The van der Waals surface area contributed by atoms with Gasteiger partial charge in [-0.05, 0) is 43.0 Å². The molecule has 0 spiro atoms. The number of carbonyl (C=O) groups is 1. The third-order valence-electron chi connectivity index (χ3n) is 5.98. The number of rotatable bonds is 7. The van der Waals surface area contributed by atoms with Crippen molar-refractivity contribution in [1.82, 2.24) is 10.2 Å². The van der Waals surface area contributed by atoms with E-state index < -0.39 is 0 Å². The molecule has 1 atom stereocenters. The molecule has 162 valence electrons. The molecule has 4 rings (SSSR count). The van der Waals surface area contributed by atoms with Gasteiger partial charge in [-0.1, -0.05) is 30.3 Å². The molecule has 2 heterocycles. The topological polar surface area (TPSA) is 71.8 Å². The van der Waals surface area contributed by atoms with Crippen LogP contribution in [0.1, 0.15) is 29.5 Å². The second-order valence-electron chi connectivity index (χ2n) is 8.13. The summed E-state index contributed by atoms with van der Waals surface area (Å²) >= 11 is 0. The van der Waals surface area contributed by atoms with E-state index in [1.807, 2.05) is 37.3 Å². The van der Waals surface area contributed by atoms with Crippen LogP contribution in [0.5, 0.6) is 5.75 Å². The van der Waals surface area contributed by atoms with Crippen molar-refractivity contribution in [3.05, 3.63) is 75.6 Å². The molecule has 0 radical (unpaired) electrons. The van der Waals surface area contributed by atoms with Gasteiger partial charge in [-0.2, -0.15) is 0 Å². The molecule has 1 saturated heterocycles. The first-order chi connectivity index (χ1) is 15.0. The van der Waals surface area contributed by atoms with E-state index in [1.54, 1.807) is 13.2 Å². The zero-order valence-corrected chi connectivity index (χ0v) is 18.0. The molecule has 2 aromatic carbocycles. The van der Waals surface area contributed by atoms with Crippen LogP contribution in [0.25, 0.3) is 11.0 Å². The molecule has 0 aliphatic carbocycles. The van der Waals surface area contributed by atoms with Crippen LogP contribution in [0.15, 0.2) is 57.7 Å². The molecule has 31 heavy (non-hydrogen) atoms. The van der Waals surface area contributed by atoms with Gasteiger partial charge in [-0.15, -0.1) is 0 Å². The van der Waals surface area contributed by atoms with E-state index in [0.717, 1.165) is 37.0 Å². The maximum Gasteiger partial charge on any atom is 0.339 e. The van der Waals surface area contributed by atoms with Crippen LogP contribution in [0.3, 0.4) is 0 Å². The van der Waals surface area contributed by atoms with Gasteiger partial charge in [0.05, 0.1) is 7.11 Å². The molecule has 1 aliphatic rings. The molecule has 1 aliphatic heterocycles. The number of ether oxygens (including phenoxy) is 1. The Morgan fingerprint density at radius 3 is 2.81 bits per heavy atom. The number of amides is 1. The molecule has 6 heteroatoms. The molecule has 0 saturated carbocycles. The fraction of sp³-hybridized carbons (Fsp3) is 0.360. The Bertz CT molecular complexity index is 1120. The van der Waals surface area contributed by atoms with Crippen LogP contribution < -0.4 is 15.7 Å². The minimum absolute atomic E-state index is 0.0276. The summed E-state index contributed by atoms with van der Waals surface area (Å²) in [4.78, 5) is 27.4. The van der Waals surface area contributed by atoms with Crippen LogP contribution in [-0.4, -0.2) is 37.0 Å². The summed E-state index contributed by atoms with van der Waals surface area (Å²) in [5.74, 6) is 0.611. The summed E-state index contributed by atoms with van der Waals surface area (Å²) in [6.07, 6.45) is 1.57. The summed E-state index contributed by atoms with van der Waals surface area (Å²) < 4.78 is 10.7. The Labute approximate surface area is 181 Å². The minimum Gasteiger partial charge on any atom is -0.497 e. The van der Waals surface area contributed by atoms with Gasteiger partial charge in [0.15, 0.2) is 0 Å². The van der Waals surface area contributed by atoms with Crippen LogP contribution in [-0.2, 0) is 17.8 Å². The average Bonchev–Trinajstić information content (AvgIpc) is 3.20. The highest BCUT2D eigenvalue weighted by atomic mass is 16.5. The normalized spacial score (nSPS) is 16.5. The first-order valence-corrected chi connectivity index (χ1v) is 10.7. The second kappa shape index (κ2) is 9.35. The van der Waals surface area contributed by atoms with E-state index in [-0.39, 0.29) is 24.0 Å². The summed E-state index contributed by atoms with van der Waals surface area (Å²) in [7, 11) is 1.57. The first-order valence-electron chi connectivity index (χ1n) is 10.7. The van der Waals surface area contributed by atoms with Crippen molar-refractivity contribution in [3.63, 3.8) is 0 Å². The SMILES string of the molecule is COc1ccc2c(C)c(CCC(=O)N[C@@H]3CCN(Cc4ccccc4)C3)c(=O)oc2c1. The van der Waals surface area contributed by atoms with Gasteiger partial charge in [0.1, 0.15) is 11.3 Å². The number of nitrogens with zero attached hydrogens (tertiary/aromatic N) is 1. The van der Waals surface area contributed by atoms with E-state index in [9.17, 15) is 9.59 Å². The molecule has 1 aromatic heterocycles. The fourth-order valence-corrected chi connectivity index (χ4v) is 4.26. The second-order valence-corrected chi connectivity index (χ2v) is 8.13. The molecule has 6 nitrogen and oxygen atoms in total. The third kappa shape index (κ3) is 4.97. The van der Waals surface area contributed by atoms with Gasteiger partial charge < -0.3 is 14.5 Å². The van der Waals surface area contributed by atoms with Crippen LogP contribution in [0.4, 0.5) is 0 Å². The smallest absolute Gasteiger partial charge is 0.339 e. The van der Waals surface area contributed by atoms with Crippen molar-refractivity contribution < 1.29 is 13.9 Å². The lowest BCUT2D eigenvalue weighted by molar-refractivity contribution is -0.121. The number of aryl methyl sites for hydroxylation is 1. The monoisotopic (exact) mass is 420 g/mol. The minimum atomic E-state index is -0.388. The van der Waals surface area contributed by atoms with E-state index >= 15 is 0 Å². The molecular formula is C25H28N2O4. The Morgan fingerprint density at radius 1 is 1.23 bits per heavy atom. The number of carbonyl (C=O) groups excluding carboxylic acids is 1. The number of likely N-dealkylation sites (tertiary alicyclic amines) is 1. The van der Waals surface area contributed by atoms with Gasteiger partial charge in [-0.25, -0.2) is 4.79 Å². The number of benzene rings is 2. The van der Waals surface area contributed by atoms with Crippen molar-refractivity contribution >= 4 is 16.9 Å². The van der Waals surface area contributed by atoms with Crippen LogP contribution in [0.2, 0.25) is 0 Å². The van der Waals surface area contributed by atoms with Gasteiger partial charge in [0.25, 0.3) is 0 Å². The maximum atomic E-state index is 12.5. The van der Waals surface area contributed by atoms with Gasteiger partial charge in [-0.3, -0.25) is 9.69 Å². The molecule has 1 amide bonds. The predicted octanol–water partition coefficient (Wildman–Crippen LogP) is 3.43. The van der Waals surface area contributed by atoms with Crippen LogP contribution >= 0.6 is 0 Å². The van der Waals surface area contributed by atoms with Crippen molar-refractivity contribution in [2.45, 2.75) is 38.8 Å². The van der Waals surface area contributed by atoms with E-state index in [2.05, 4.69) is 22.3 Å². The summed E-state index contributed by atoms with van der Waals surface area (Å²) in [5.41, 5.74) is 2.81. The molecule has 0 unspecified atom stereocenters. The zero-order chi connectivity index (χ0) is 21.8. The molecular weight excluding hydrogens is 392 g/mol. The molecule has 1 N–H and O–H groups in total. The lowest BCUT2D eigenvalue weighted by Gasteiger charge is -2.17. The third-order valence-corrected chi connectivity index (χ3v) is 5.98. The Hall–Kier alpha value is -3.12. The quantitative estimate of drug-likeness (QED) is 0.593. The fourth-order valence-electron chi connectivity index (χ4n) is 4.26. The number of nitrogens with one attached hydrogen (secondary N) is 1. The Balaban J connectivity index is 1.34. The Morgan fingerprint density at radius 2 is 2.03 bits per heavy atom. The highest BCUT2D eigenvalue weighted by molar-refractivity contribution is 5.82. The molecule has 0 bridgehead atoms. The average molecular weight is 421 g/mol. The predicted molar refractivity (Wildman–Crippen MR) is 120 cm³/mol. The lowest BCUT2D eigenvalue weighted by Crippen LogP contribution is -2.37. The zero-order valence-electron chi connectivity index (χ0n) is 18.0. The van der Waals surface area contributed by atoms with Crippen molar-refractivity contribution in [3.8, 4) is 5.75 Å². The van der Waals surface area contributed by atoms with E-state index in [0.29, 0.717) is 23.3 Å². The van der Waals surface area contributed by atoms with E-state index in [1.165, 1.54) is 5.56 Å². The number of methoxy groups -OCH3 is 1. The molecule has 3 aromatic rings. The van der Waals surface area contributed by atoms with Crippen molar-refractivity contribution in [2.75, 3.05) is 20.2 Å². The van der Waals surface area contributed by atoms with Gasteiger partial charge >= 0.3 is 5.63 Å². The lowest BCUT2D eigenvalue weighted by atomic mass is 10.0. The van der Waals surface area contributed by atoms with Crippen LogP contribution in [0, 0.1) is 6.92 Å². The molecule has 1 fully saturated rings. The van der Waals surface area contributed by atoms with Gasteiger partial charge in [0, 0.05) is 49.1 Å². The van der Waals surface area contributed by atoms with Gasteiger partial charge in [0.2, 0.25) is 5.91 Å². The Kier molecular flexibility index (Phi) is 6.37. The standard InChI is InChI=1S/C25H28N2O4/c1-17-21-9-8-20(30-2)14-23(21)31-25(29)22(17)10-11-24(28)26-19-12-13-27(16-19)15-18-6-4-3-5-7-18/h3-9,14,19H,10-13,15-16H2,1-2H3,(H,26,28)/t19-/m1/s1. The largest absolute Gasteiger partial charge is 0.497 e. The van der Waals surface area contributed by atoms with E-state index in [4.69, 9.17) is 9.15 Å².